The number of hydrogen-bond acceptors (Lipinski definition) is 1. The van der Waals surface area contributed by atoms with E-state index in [2.05, 4.69) is 4.98 Å². The molecule has 19 heavy (non-hydrogen) atoms. The molecule has 2 nitrogen and oxygen atoms in total. The number of rotatable bonds is 2. The van der Waals surface area contributed by atoms with E-state index in [1.54, 1.807) is 0 Å². The summed E-state index contributed by atoms with van der Waals surface area (Å²) >= 11 is 12.3. The largest absolute Gasteiger partial charge is 0.294 e. The van der Waals surface area contributed by atoms with Gasteiger partial charge in [0.25, 0.3) is 0 Å². The van der Waals surface area contributed by atoms with Crippen LogP contribution in [0.4, 0.5) is 0 Å². The van der Waals surface area contributed by atoms with Gasteiger partial charge < -0.3 is 0 Å². The molecule has 0 radical (unpaired) electrons. The van der Waals surface area contributed by atoms with Crippen LogP contribution in [0.1, 0.15) is 11.4 Å². The molecular weight excluding hydrogens is 279 g/mol. The Morgan fingerprint density at radius 2 is 1.95 bits per heavy atom. The predicted molar refractivity (Wildman–Crippen MR) is 80.4 cm³/mol. The van der Waals surface area contributed by atoms with Gasteiger partial charge >= 0.3 is 0 Å². The molecule has 2 aromatic carbocycles. The van der Waals surface area contributed by atoms with Crippen molar-refractivity contribution in [2.45, 2.75) is 12.8 Å². The second kappa shape index (κ2) is 4.87. The molecule has 4 heteroatoms. The molecule has 0 atom stereocenters. The fraction of sp³-hybridized carbons (Fsp3) is 0.133. The highest BCUT2D eigenvalue weighted by atomic mass is 35.5. The van der Waals surface area contributed by atoms with Crippen molar-refractivity contribution >= 4 is 34.2 Å². The Morgan fingerprint density at radius 3 is 2.74 bits per heavy atom. The number of imidazole rings is 1. The third-order valence-corrected chi connectivity index (χ3v) is 3.65. The fourth-order valence-electron chi connectivity index (χ4n) is 2.23. The van der Waals surface area contributed by atoms with Crippen LogP contribution in [0.2, 0.25) is 5.02 Å². The van der Waals surface area contributed by atoms with Crippen LogP contribution in [0.15, 0.2) is 42.5 Å². The molecule has 0 saturated heterocycles. The summed E-state index contributed by atoms with van der Waals surface area (Å²) in [7, 11) is 0. The third-order valence-electron chi connectivity index (χ3n) is 3.09. The molecule has 1 aromatic heterocycles. The molecule has 0 N–H and O–H groups in total. The number of aryl methyl sites for hydroxylation is 1. The summed E-state index contributed by atoms with van der Waals surface area (Å²) in [5.74, 6) is 1.15. The maximum Gasteiger partial charge on any atom is 0.129 e. The standard InChI is InChI=1S/C15H12Cl2N2/c1-10-6-7-11(17)14(8-10)19-13-5-3-2-4-12(13)18-15(19)9-16/h2-8H,9H2,1H3. The lowest BCUT2D eigenvalue weighted by Crippen LogP contribution is -2.00. The van der Waals surface area contributed by atoms with E-state index in [9.17, 15) is 0 Å². The van der Waals surface area contributed by atoms with Crippen molar-refractivity contribution < 1.29 is 0 Å². The lowest BCUT2D eigenvalue weighted by atomic mass is 10.2. The van der Waals surface area contributed by atoms with E-state index >= 15 is 0 Å². The average molecular weight is 291 g/mol. The molecule has 0 aliphatic heterocycles. The molecule has 1 heterocycles. The van der Waals surface area contributed by atoms with Gasteiger partial charge in [-0.3, -0.25) is 4.57 Å². The molecule has 0 aliphatic carbocycles. The molecule has 0 saturated carbocycles. The summed E-state index contributed by atoms with van der Waals surface area (Å²) in [6.45, 7) is 2.04. The lowest BCUT2D eigenvalue weighted by Gasteiger charge is -2.10. The molecule has 96 valence electrons. The molecule has 3 rings (SSSR count). The van der Waals surface area contributed by atoms with Crippen molar-refractivity contribution in [3.8, 4) is 5.69 Å². The van der Waals surface area contributed by atoms with E-state index < -0.39 is 0 Å². The zero-order valence-electron chi connectivity index (χ0n) is 10.4. The summed E-state index contributed by atoms with van der Waals surface area (Å²) in [5.41, 5.74) is 4.02. The van der Waals surface area contributed by atoms with Crippen molar-refractivity contribution in [2.75, 3.05) is 0 Å². The first-order chi connectivity index (χ1) is 9.20. The Labute approximate surface area is 121 Å². The summed E-state index contributed by atoms with van der Waals surface area (Å²) in [4.78, 5) is 4.55. The number of halogens is 2. The van der Waals surface area contributed by atoms with Crippen LogP contribution in [0.5, 0.6) is 0 Å². The zero-order valence-corrected chi connectivity index (χ0v) is 11.9. The van der Waals surface area contributed by atoms with Crippen molar-refractivity contribution in [1.29, 1.82) is 0 Å². The second-order valence-corrected chi connectivity index (χ2v) is 5.12. The van der Waals surface area contributed by atoms with Gasteiger partial charge in [-0.25, -0.2) is 4.98 Å². The second-order valence-electron chi connectivity index (χ2n) is 4.44. The molecule has 0 bridgehead atoms. The van der Waals surface area contributed by atoms with Gasteiger partial charge in [0.15, 0.2) is 0 Å². The fourth-order valence-corrected chi connectivity index (χ4v) is 2.61. The quantitative estimate of drug-likeness (QED) is 0.624. The summed E-state index contributed by atoms with van der Waals surface area (Å²) in [6.07, 6.45) is 0. The monoisotopic (exact) mass is 290 g/mol. The van der Waals surface area contributed by atoms with E-state index in [0.717, 1.165) is 28.1 Å². The Hall–Kier alpha value is -1.51. The van der Waals surface area contributed by atoms with Gasteiger partial charge in [-0.2, -0.15) is 0 Å². The van der Waals surface area contributed by atoms with Crippen molar-refractivity contribution in [3.05, 3.63) is 58.9 Å². The molecule has 0 amide bonds. The van der Waals surface area contributed by atoms with Crippen molar-refractivity contribution in [2.24, 2.45) is 0 Å². The molecule has 0 unspecified atom stereocenters. The zero-order chi connectivity index (χ0) is 13.4. The molecular formula is C15H12Cl2N2. The van der Waals surface area contributed by atoms with Gasteiger partial charge in [-0.15, -0.1) is 11.6 Å². The molecule has 0 fully saturated rings. The predicted octanol–water partition coefficient (Wildman–Crippen LogP) is 4.73. The van der Waals surface area contributed by atoms with Crippen LogP contribution in [0.25, 0.3) is 16.7 Å². The number of fused-ring (bicyclic) bond motifs is 1. The molecule has 3 aromatic rings. The Balaban J connectivity index is 2.37. The topological polar surface area (TPSA) is 17.8 Å². The van der Waals surface area contributed by atoms with E-state index in [4.69, 9.17) is 23.2 Å². The molecule has 0 aliphatic rings. The maximum absolute atomic E-state index is 6.33. The van der Waals surface area contributed by atoms with Crippen LogP contribution in [-0.4, -0.2) is 9.55 Å². The van der Waals surface area contributed by atoms with E-state index in [1.807, 2.05) is 54.0 Å². The smallest absolute Gasteiger partial charge is 0.129 e. The van der Waals surface area contributed by atoms with Crippen LogP contribution in [-0.2, 0) is 5.88 Å². The minimum atomic E-state index is 0.346. The first kappa shape index (κ1) is 12.5. The average Bonchev–Trinajstić information content (AvgIpc) is 2.80. The minimum Gasteiger partial charge on any atom is -0.294 e. The lowest BCUT2D eigenvalue weighted by molar-refractivity contribution is 0.980. The van der Waals surface area contributed by atoms with E-state index in [-0.39, 0.29) is 0 Å². The van der Waals surface area contributed by atoms with Crippen LogP contribution < -0.4 is 0 Å². The van der Waals surface area contributed by atoms with Crippen LogP contribution in [0.3, 0.4) is 0 Å². The summed E-state index contributed by atoms with van der Waals surface area (Å²) in [6, 6.07) is 13.9. The van der Waals surface area contributed by atoms with Crippen molar-refractivity contribution in [3.63, 3.8) is 0 Å². The summed E-state index contributed by atoms with van der Waals surface area (Å²) < 4.78 is 2.03. The van der Waals surface area contributed by atoms with Gasteiger partial charge in [0.2, 0.25) is 0 Å². The van der Waals surface area contributed by atoms with Gasteiger partial charge in [-0.05, 0) is 36.8 Å². The minimum absolute atomic E-state index is 0.346. The number of para-hydroxylation sites is 2. The number of aromatic nitrogens is 2. The van der Waals surface area contributed by atoms with E-state index in [0.29, 0.717) is 10.9 Å². The van der Waals surface area contributed by atoms with Crippen molar-refractivity contribution in [1.82, 2.24) is 9.55 Å². The van der Waals surface area contributed by atoms with Crippen LogP contribution >= 0.6 is 23.2 Å². The summed E-state index contributed by atoms with van der Waals surface area (Å²) in [5, 5.41) is 0.695. The van der Waals surface area contributed by atoms with E-state index in [1.165, 1.54) is 0 Å². The highest BCUT2D eigenvalue weighted by molar-refractivity contribution is 6.32. The Bertz CT molecular complexity index is 747. The first-order valence-electron chi connectivity index (χ1n) is 5.99. The first-order valence-corrected chi connectivity index (χ1v) is 6.91. The van der Waals surface area contributed by atoms with Gasteiger partial charge in [-0.1, -0.05) is 29.8 Å². The number of benzene rings is 2. The van der Waals surface area contributed by atoms with Crippen LogP contribution in [0, 0.1) is 6.92 Å². The molecule has 0 spiro atoms. The highest BCUT2D eigenvalue weighted by Crippen LogP contribution is 2.28. The Morgan fingerprint density at radius 1 is 1.16 bits per heavy atom. The number of nitrogens with zero attached hydrogens (tertiary/aromatic N) is 2. The number of hydrogen-bond donors (Lipinski definition) is 0. The van der Waals surface area contributed by atoms with Gasteiger partial charge in [0.1, 0.15) is 5.82 Å². The third kappa shape index (κ3) is 2.11. The SMILES string of the molecule is Cc1ccc(Cl)c(-n2c(CCl)nc3ccccc32)c1. The maximum atomic E-state index is 6.33. The normalized spacial score (nSPS) is 11.1. The highest BCUT2D eigenvalue weighted by Gasteiger charge is 2.13. The van der Waals surface area contributed by atoms with Gasteiger partial charge in [0, 0.05) is 0 Å². The Kier molecular flexibility index (Phi) is 3.21. The van der Waals surface area contributed by atoms with Gasteiger partial charge in [0.05, 0.1) is 27.6 Å². The number of alkyl halides is 1.